The van der Waals surface area contributed by atoms with Crippen molar-refractivity contribution in [3.63, 3.8) is 0 Å². The van der Waals surface area contributed by atoms with Crippen molar-refractivity contribution < 1.29 is 0 Å². The van der Waals surface area contributed by atoms with Gasteiger partial charge in [-0.1, -0.05) is 17.7 Å². The average Bonchev–Trinajstić information content (AvgIpc) is 2.56. The highest BCUT2D eigenvalue weighted by molar-refractivity contribution is 6.30. The molecule has 0 aliphatic rings. The molecule has 0 amide bonds. The van der Waals surface area contributed by atoms with E-state index in [1.54, 1.807) is 18.2 Å². The molecule has 0 saturated heterocycles. The van der Waals surface area contributed by atoms with E-state index in [-0.39, 0.29) is 0 Å². The second kappa shape index (κ2) is 2.91. The Labute approximate surface area is 73.8 Å². The van der Waals surface area contributed by atoms with Crippen LogP contribution in [-0.2, 0) is 0 Å². The zero-order valence-corrected chi connectivity index (χ0v) is 6.73. The Balaban J connectivity index is 2.48. The first kappa shape index (κ1) is 7.24. The Morgan fingerprint density at radius 3 is 3.08 bits per heavy atom. The summed E-state index contributed by atoms with van der Waals surface area (Å²) in [5.74, 6) is 0. The van der Waals surface area contributed by atoms with E-state index in [0.29, 0.717) is 5.02 Å². The second-order valence-corrected chi connectivity index (χ2v) is 2.58. The fourth-order valence-electron chi connectivity index (χ4n) is 0.831. The summed E-state index contributed by atoms with van der Waals surface area (Å²) in [4.78, 5) is 0. The van der Waals surface area contributed by atoms with Crippen LogP contribution in [0.1, 0.15) is 0 Å². The molecule has 0 spiro atoms. The number of nitrogens with zero attached hydrogens (tertiary/aromatic N) is 4. The molecule has 5 heteroatoms. The Kier molecular flexibility index (Phi) is 1.75. The average molecular weight is 180 g/mol. The van der Waals surface area contributed by atoms with Crippen molar-refractivity contribution in [2.75, 3.05) is 0 Å². The summed E-state index contributed by atoms with van der Waals surface area (Å²) in [6.07, 6.45) is 1.49. The molecule has 1 radical (unpaired) electrons. The highest BCUT2D eigenvalue weighted by Crippen LogP contribution is 2.11. The molecule has 59 valence electrons. The van der Waals surface area contributed by atoms with E-state index in [2.05, 4.69) is 21.6 Å². The second-order valence-electron chi connectivity index (χ2n) is 2.15. The number of benzene rings is 1. The molecule has 0 aliphatic carbocycles. The van der Waals surface area contributed by atoms with Crippen LogP contribution in [0.15, 0.2) is 24.5 Å². The van der Waals surface area contributed by atoms with Gasteiger partial charge in [-0.05, 0) is 22.6 Å². The van der Waals surface area contributed by atoms with Gasteiger partial charge in [-0.15, -0.1) is 5.10 Å². The summed E-state index contributed by atoms with van der Waals surface area (Å²) in [5.41, 5.74) is 0.729. The van der Waals surface area contributed by atoms with Crippen molar-refractivity contribution >= 4 is 11.6 Å². The Hall–Kier alpha value is -1.42. The molecular weight excluding hydrogens is 176 g/mol. The zero-order chi connectivity index (χ0) is 8.39. The van der Waals surface area contributed by atoms with E-state index < -0.39 is 0 Å². The minimum absolute atomic E-state index is 0.638. The predicted octanol–water partition coefficient (Wildman–Crippen LogP) is 1.12. The maximum absolute atomic E-state index is 5.76. The van der Waals surface area contributed by atoms with Crippen LogP contribution in [0.5, 0.6) is 0 Å². The summed E-state index contributed by atoms with van der Waals surface area (Å²) in [7, 11) is 0. The first-order valence-corrected chi connectivity index (χ1v) is 3.64. The minimum atomic E-state index is 0.638. The van der Waals surface area contributed by atoms with Crippen LogP contribution in [0, 0.1) is 6.07 Å². The number of halogens is 1. The first-order chi connectivity index (χ1) is 5.86. The van der Waals surface area contributed by atoms with Crippen molar-refractivity contribution in [2.24, 2.45) is 0 Å². The van der Waals surface area contributed by atoms with Gasteiger partial charge in [0.1, 0.15) is 6.33 Å². The summed E-state index contributed by atoms with van der Waals surface area (Å²) in [5, 5.41) is 11.3. The van der Waals surface area contributed by atoms with Crippen molar-refractivity contribution in [2.45, 2.75) is 0 Å². The highest BCUT2D eigenvalue weighted by atomic mass is 35.5. The first-order valence-electron chi connectivity index (χ1n) is 3.27. The quantitative estimate of drug-likeness (QED) is 0.659. The smallest absolute Gasteiger partial charge is 0.143 e. The molecule has 0 fully saturated rings. The number of rotatable bonds is 1. The van der Waals surface area contributed by atoms with Gasteiger partial charge in [0, 0.05) is 11.1 Å². The number of hydrogen-bond donors (Lipinski definition) is 0. The molecule has 0 saturated carbocycles. The van der Waals surface area contributed by atoms with Gasteiger partial charge in [0.25, 0.3) is 0 Å². The fourth-order valence-corrected chi connectivity index (χ4v) is 0.997. The van der Waals surface area contributed by atoms with Gasteiger partial charge >= 0.3 is 0 Å². The van der Waals surface area contributed by atoms with Crippen molar-refractivity contribution in [3.05, 3.63) is 35.6 Å². The fraction of sp³-hybridized carbons (Fsp3) is 0. The van der Waals surface area contributed by atoms with Crippen molar-refractivity contribution in [1.29, 1.82) is 0 Å². The van der Waals surface area contributed by atoms with Crippen molar-refractivity contribution in [3.8, 4) is 5.69 Å². The van der Waals surface area contributed by atoms with E-state index in [1.165, 1.54) is 11.0 Å². The molecule has 2 rings (SSSR count). The third-order valence-corrected chi connectivity index (χ3v) is 1.58. The van der Waals surface area contributed by atoms with E-state index in [9.17, 15) is 0 Å². The topological polar surface area (TPSA) is 43.6 Å². The van der Waals surface area contributed by atoms with Crippen LogP contribution in [0.3, 0.4) is 0 Å². The molecule has 1 heterocycles. The molecule has 0 N–H and O–H groups in total. The molecule has 4 nitrogen and oxygen atoms in total. The normalized spacial score (nSPS) is 10.1. The van der Waals surface area contributed by atoms with Crippen LogP contribution in [0.4, 0.5) is 0 Å². The van der Waals surface area contributed by atoms with E-state index in [0.717, 1.165) is 5.69 Å². The van der Waals surface area contributed by atoms with Gasteiger partial charge in [0.15, 0.2) is 0 Å². The lowest BCUT2D eigenvalue weighted by Gasteiger charge is -1.96. The summed E-state index contributed by atoms with van der Waals surface area (Å²) < 4.78 is 1.49. The largest absolute Gasteiger partial charge is 0.200 e. The third kappa shape index (κ3) is 1.29. The molecule has 0 unspecified atom stereocenters. The molecule has 0 bridgehead atoms. The van der Waals surface area contributed by atoms with Crippen molar-refractivity contribution in [1.82, 2.24) is 20.2 Å². The van der Waals surface area contributed by atoms with E-state index >= 15 is 0 Å². The van der Waals surface area contributed by atoms with Crippen LogP contribution >= 0.6 is 11.6 Å². The Morgan fingerprint density at radius 1 is 1.50 bits per heavy atom. The predicted molar refractivity (Wildman–Crippen MR) is 43.0 cm³/mol. The van der Waals surface area contributed by atoms with E-state index in [1.807, 2.05) is 0 Å². The summed E-state index contributed by atoms with van der Waals surface area (Å²) in [6.45, 7) is 0. The molecule has 1 aromatic heterocycles. The van der Waals surface area contributed by atoms with Crippen LogP contribution in [0.2, 0.25) is 5.02 Å². The SMILES string of the molecule is Clc1cc[c]c(-n2cnnn2)c1. The molecule has 1 aromatic carbocycles. The molecule has 2 aromatic rings. The number of hydrogen-bond acceptors (Lipinski definition) is 3. The Bertz CT molecular complexity index is 371. The lowest BCUT2D eigenvalue weighted by Crippen LogP contribution is -1.94. The molecule has 0 aliphatic heterocycles. The van der Waals surface area contributed by atoms with Gasteiger partial charge in [-0.3, -0.25) is 0 Å². The Morgan fingerprint density at radius 2 is 2.42 bits per heavy atom. The van der Waals surface area contributed by atoms with E-state index in [4.69, 9.17) is 11.6 Å². The van der Waals surface area contributed by atoms with Gasteiger partial charge in [0.05, 0.1) is 5.69 Å². The van der Waals surface area contributed by atoms with Crippen LogP contribution < -0.4 is 0 Å². The summed E-state index contributed by atoms with van der Waals surface area (Å²) in [6, 6.07) is 8.15. The molecule has 0 atom stereocenters. The van der Waals surface area contributed by atoms with Gasteiger partial charge in [0.2, 0.25) is 0 Å². The van der Waals surface area contributed by atoms with Crippen LogP contribution in [-0.4, -0.2) is 20.2 Å². The minimum Gasteiger partial charge on any atom is -0.200 e. The van der Waals surface area contributed by atoms with Gasteiger partial charge < -0.3 is 0 Å². The number of tetrazole rings is 1. The number of aromatic nitrogens is 4. The standard InChI is InChI=1S/C7H4ClN4/c8-6-2-1-3-7(4-6)12-5-9-10-11-12/h1-2,4-5H. The maximum Gasteiger partial charge on any atom is 0.143 e. The summed E-state index contributed by atoms with van der Waals surface area (Å²) >= 11 is 5.76. The maximum atomic E-state index is 5.76. The third-order valence-electron chi connectivity index (χ3n) is 1.34. The molecule has 12 heavy (non-hydrogen) atoms. The lowest BCUT2D eigenvalue weighted by molar-refractivity contribution is 0.788. The van der Waals surface area contributed by atoms with Gasteiger partial charge in [-0.25, -0.2) is 0 Å². The zero-order valence-electron chi connectivity index (χ0n) is 5.98. The van der Waals surface area contributed by atoms with Crippen LogP contribution in [0.25, 0.3) is 5.69 Å². The monoisotopic (exact) mass is 179 g/mol. The molecular formula is C7H4ClN4. The van der Waals surface area contributed by atoms with Gasteiger partial charge in [-0.2, -0.15) is 4.68 Å². The lowest BCUT2D eigenvalue weighted by atomic mass is 10.3. The highest BCUT2D eigenvalue weighted by Gasteiger charge is 1.97.